The number of halogens is 3. The van der Waals surface area contributed by atoms with Crippen LogP contribution in [0.3, 0.4) is 0 Å². The molecule has 0 aliphatic rings. The van der Waals surface area contributed by atoms with E-state index in [1.165, 1.54) is 12.4 Å². The van der Waals surface area contributed by atoms with Gasteiger partial charge in [0.2, 0.25) is 0 Å². The Morgan fingerprint density at radius 3 is 2.50 bits per heavy atom. The topological polar surface area (TPSA) is 75.9 Å². The molecule has 0 unspecified atom stereocenters. The van der Waals surface area contributed by atoms with E-state index in [0.29, 0.717) is 21.1 Å². The van der Waals surface area contributed by atoms with Crippen LogP contribution in [0.25, 0.3) is 0 Å². The number of aromatic nitrogens is 2. The van der Waals surface area contributed by atoms with Crippen molar-refractivity contribution in [1.29, 1.82) is 0 Å². The van der Waals surface area contributed by atoms with Crippen LogP contribution in [0.5, 0.6) is 0 Å². The van der Waals surface area contributed by atoms with E-state index in [2.05, 4.69) is 36.5 Å². The SMILES string of the molecule is Nc1c(Nc2cccc(Cl)c2)ncnc1Nc1ccc(Br)cc1F. The van der Waals surface area contributed by atoms with Crippen molar-refractivity contribution in [3.8, 4) is 0 Å². The molecule has 0 aliphatic heterocycles. The van der Waals surface area contributed by atoms with Crippen molar-refractivity contribution in [2.75, 3.05) is 16.4 Å². The van der Waals surface area contributed by atoms with E-state index >= 15 is 0 Å². The van der Waals surface area contributed by atoms with Crippen molar-refractivity contribution < 1.29 is 4.39 Å². The zero-order chi connectivity index (χ0) is 17.1. The number of nitrogen functional groups attached to an aromatic ring is 1. The van der Waals surface area contributed by atoms with Crippen LogP contribution in [0.1, 0.15) is 0 Å². The summed E-state index contributed by atoms with van der Waals surface area (Å²) >= 11 is 9.17. The van der Waals surface area contributed by atoms with Crippen LogP contribution in [0.4, 0.5) is 33.1 Å². The summed E-state index contributed by atoms with van der Waals surface area (Å²) in [5.74, 6) is 0.273. The standard InChI is InChI=1S/C16H12BrClFN5/c17-9-4-5-13(12(19)6-9)24-16-14(20)15(21-8-22-16)23-11-3-1-2-10(18)7-11/h1-8H,20H2,(H2,21,22,23,24). The van der Waals surface area contributed by atoms with Gasteiger partial charge in [0, 0.05) is 15.2 Å². The quantitative estimate of drug-likeness (QED) is 0.560. The highest BCUT2D eigenvalue weighted by Crippen LogP contribution is 2.30. The van der Waals surface area contributed by atoms with E-state index in [1.54, 1.807) is 30.3 Å². The number of hydrogen-bond donors (Lipinski definition) is 3. The number of anilines is 5. The Morgan fingerprint density at radius 2 is 1.79 bits per heavy atom. The molecule has 0 fully saturated rings. The Morgan fingerprint density at radius 1 is 1.04 bits per heavy atom. The van der Waals surface area contributed by atoms with E-state index in [9.17, 15) is 4.39 Å². The number of hydrogen-bond acceptors (Lipinski definition) is 5. The lowest BCUT2D eigenvalue weighted by Gasteiger charge is -2.13. The summed E-state index contributed by atoms with van der Waals surface area (Å²) in [7, 11) is 0. The summed E-state index contributed by atoms with van der Waals surface area (Å²) in [6.07, 6.45) is 1.34. The Labute approximate surface area is 151 Å². The van der Waals surface area contributed by atoms with Gasteiger partial charge in [0.05, 0.1) is 5.69 Å². The summed E-state index contributed by atoms with van der Waals surface area (Å²) in [4.78, 5) is 8.18. The average Bonchev–Trinajstić information content (AvgIpc) is 2.54. The molecule has 1 heterocycles. The molecule has 0 saturated carbocycles. The molecule has 8 heteroatoms. The van der Waals surface area contributed by atoms with E-state index in [1.807, 2.05) is 6.07 Å². The van der Waals surface area contributed by atoms with Gasteiger partial charge in [-0.05, 0) is 36.4 Å². The molecule has 122 valence electrons. The maximum absolute atomic E-state index is 14.0. The molecule has 0 saturated heterocycles. The zero-order valence-electron chi connectivity index (χ0n) is 12.2. The lowest BCUT2D eigenvalue weighted by molar-refractivity contribution is 0.631. The van der Waals surface area contributed by atoms with E-state index in [4.69, 9.17) is 17.3 Å². The van der Waals surface area contributed by atoms with E-state index < -0.39 is 5.82 Å². The molecule has 0 amide bonds. The van der Waals surface area contributed by atoms with Gasteiger partial charge in [0.25, 0.3) is 0 Å². The van der Waals surface area contributed by atoms with Crippen molar-refractivity contribution in [3.63, 3.8) is 0 Å². The van der Waals surface area contributed by atoms with Gasteiger partial charge in [-0.3, -0.25) is 0 Å². The van der Waals surface area contributed by atoms with Gasteiger partial charge < -0.3 is 16.4 Å². The van der Waals surface area contributed by atoms with Gasteiger partial charge in [0.1, 0.15) is 17.8 Å². The van der Waals surface area contributed by atoms with Crippen LogP contribution in [-0.2, 0) is 0 Å². The summed E-state index contributed by atoms with van der Waals surface area (Å²) in [6.45, 7) is 0. The Kier molecular flexibility index (Phi) is 4.82. The van der Waals surface area contributed by atoms with Gasteiger partial charge in [-0.15, -0.1) is 0 Å². The van der Waals surface area contributed by atoms with Crippen molar-refractivity contribution >= 4 is 56.2 Å². The molecule has 4 N–H and O–H groups in total. The summed E-state index contributed by atoms with van der Waals surface area (Å²) in [6, 6.07) is 11.8. The van der Waals surface area contributed by atoms with E-state index in [0.717, 1.165) is 5.69 Å². The first-order valence-electron chi connectivity index (χ1n) is 6.88. The third-order valence-electron chi connectivity index (χ3n) is 3.16. The molecule has 5 nitrogen and oxygen atoms in total. The number of nitrogens with one attached hydrogen (secondary N) is 2. The summed E-state index contributed by atoms with van der Waals surface area (Å²) in [5.41, 5.74) is 7.34. The van der Waals surface area contributed by atoms with Gasteiger partial charge in [-0.2, -0.15) is 0 Å². The summed E-state index contributed by atoms with van der Waals surface area (Å²) in [5, 5.41) is 6.51. The second-order valence-electron chi connectivity index (χ2n) is 4.87. The Hall–Kier alpha value is -2.38. The molecular formula is C16H12BrClFN5. The molecular weight excluding hydrogens is 397 g/mol. The van der Waals surface area contributed by atoms with Gasteiger partial charge >= 0.3 is 0 Å². The van der Waals surface area contributed by atoms with E-state index in [-0.39, 0.29) is 11.4 Å². The van der Waals surface area contributed by atoms with Gasteiger partial charge in [0.15, 0.2) is 11.6 Å². The second kappa shape index (κ2) is 7.02. The first-order chi connectivity index (χ1) is 11.5. The van der Waals surface area contributed by atoms with Crippen molar-refractivity contribution in [3.05, 3.63) is 64.1 Å². The maximum atomic E-state index is 14.0. The Bertz CT molecular complexity index is 890. The monoisotopic (exact) mass is 407 g/mol. The molecule has 1 aromatic heterocycles. The van der Waals surface area contributed by atoms with Crippen LogP contribution in [-0.4, -0.2) is 9.97 Å². The first-order valence-corrected chi connectivity index (χ1v) is 8.05. The third kappa shape index (κ3) is 3.74. The van der Waals surface area contributed by atoms with Gasteiger partial charge in [-0.1, -0.05) is 33.6 Å². The average molecular weight is 409 g/mol. The molecule has 0 atom stereocenters. The second-order valence-corrected chi connectivity index (χ2v) is 6.22. The lowest BCUT2D eigenvalue weighted by Crippen LogP contribution is -2.05. The lowest BCUT2D eigenvalue weighted by atomic mass is 10.3. The fraction of sp³-hybridized carbons (Fsp3) is 0. The molecule has 3 aromatic rings. The largest absolute Gasteiger partial charge is 0.393 e. The highest BCUT2D eigenvalue weighted by Gasteiger charge is 2.11. The zero-order valence-corrected chi connectivity index (χ0v) is 14.6. The summed E-state index contributed by atoms with van der Waals surface area (Å²) < 4.78 is 14.6. The smallest absolute Gasteiger partial charge is 0.159 e. The molecule has 2 aromatic carbocycles. The molecule has 0 bridgehead atoms. The third-order valence-corrected chi connectivity index (χ3v) is 3.88. The minimum absolute atomic E-state index is 0.261. The minimum Gasteiger partial charge on any atom is -0.393 e. The van der Waals surface area contributed by atoms with Crippen molar-refractivity contribution in [2.24, 2.45) is 0 Å². The van der Waals surface area contributed by atoms with Gasteiger partial charge in [-0.25, -0.2) is 14.4 Å². The molecule has 0 radical (unpaired) electrons. The number of nitrogens with zero attached hydrogens (tertiary/aromatic N) is 2. The van der Waals surface area contributed by atoms with Crippen LogP contribution in [0.15, 0.2) is 53.3 Å². The minimum atomic E-state index is -0.424. The van der Waals surface area contributed by atoms with Crippen LogP contribution in [0, 0.1) is 5.82 Å². The predicted molar refractivity (Wildman–Crippen MR) is 98.6 cm³/mol. The predicted octanol–water partition coefficient (Wildman–Crippen LogP) is 5.10. The van der Waals surface area contributed by atoms with Crippen LogP contribution < -0.4 is 16.4 Å². The number of nitrogens with two attached hydrogens (primary N) is 1. The van der Waals surface area contributed by atoms with Crippen molar-refractivity contribution in [2.45, 2.75) is 0 Å². The maximum Gasteiger partial charge on any atom is 0.159 e. The Balaban J connectivity index is 1.88. The highest BCUT2D eigenvalue weighted by molar-refractivity contribution is 9.10. The number of benzene rings is 2. The van der Waals surface area contributed by atoms with Crippen LogP contribution >= 0.6 is 27.5 Å². The fourth-order valence-corrected chi connectivity index (χ4v) is 2.54. The van der Waals surface area contributed by atoms with Crippen molar-refractivity contribution in [1.82, 2.24) is 9.97 Å². The van der Waals surface area contributed by atoms with Crippen LogP contribution in [0.2, 0.25) is 5.02 Å². The molecule has 0 aliphatic carbocycles. The fourth-order valence-electron chi connectivity index (χ4n) is 2.02. The first kappa shape index (κ1) is 16.5. The molecule has 0 spiro atoms. The molecule has 3 rings (SSSR count). The normalized spacial score (nSPS) is 10.5. The molecule has 24 heavy (non-hydrogen) atoms. The number of rotatable bonds is 4. The highest BCUT2D eigenvalue weighted by atomic mass is 79.9.